The van der Waals surface area contributed by atoms with Gasteiger partial charge in [-0.05, 0) is 25.7 Å². The maximum Gasteiger partial charge on any atom is 0.294 e. The van der Waals surface area contributed by atoms with Crippen molar-refractivity contribution < 1.29 is 19.6 Å². The summed E-state index contributed by atoms with van der Waals surface area (Å²) in [5.74, 6) is -0.606. The third kappa shape index (κ3) is 0.884. The lowest BCUT2D eigenvalue weighted by Crippen LogP contribution is -2.84. The van der Waals surface area contributed by atoms with E-state index in [1.807, 2.05) is 0 Å². The van der Waals surface area contributed by atoms with Gasteiger partial charge in [-0.25, -0.2) is 9.78 Å². The largest absolute Gasteiger partial charge is 0.294 e. The van der Waals surface area contributed by atoms with Gasteiger partial charge in [-0.15, -0.1) is 0 Å². The Labute approximate surface area is 89.7 Å². The van der Waals surface area contributed by atoms with Gasteiger partial charge in [0.25, 0.3) is 5.79 Å². The molecule has 0 bridgehead atoms. The van der Waals surface area contributed by atoms with E-state index in [2.05, 4.69) is 20.8 Å². The van der Waals surface area contributed by atoms with Crippen LogP contribution >= 0.6 is 0 Å². The topological polar surface area (TPSA) is 36.9 Å². The van der Waals surface area contributed by atoms with Gasteiger partial charge in [-0.3, -0.25) is 0 Å². The number of hydrogen-bond donors (Lipinski definition) is 0. The summed E-state index contributed by atoms with van der Waals surface area (Å²) in [6, 6.07) is 0. The lowest BCUT2D eigenvalue weighted by Gasteiger charge is -2.68. The molecule has 0 amide bonds. The molecule has 3 aliphatic rings. The molecule has 15 heavy (non-hydrogen) atoms. The Morgan fingerprint density at radius 2 is 2.07 bits per heavy atom. The number of rotatable bonds is 2. The molecular weight excluding hydrogens is 196 g/mol. The normalized spacial score (nSPS) is 48.6. The smallest absolute Gasteiger partial charge is 0.224 e. The first-order valence-electron chi connectivity index (χ1n) is 5.79. The minimum Gasteiger partial charge on any atom is -0.224 e. The Balaban J connectivity index is 1.97. The van der Waals surface area contributed by atoms with Crippen molar-refractivity contribution in [2.75, 3.05) is 0 Å². The van der Waals surface area contributed by atoms with E-state index in [0.29, 0.717) is 0 Å². The van der Waals surface area contributed by atoms with E-state index >= 15 is 0 Å². The Kier molecular flexibility index (Phi) is 1.83. The molecule has 2 saturated heterocycles. The summed E-state index contributed by atoms with van der Waals surface area (Å²) in [5, 5.41) is 0. The third-order valence-corrected chi connectivity index (χ3v) is 4.55. The lowest BCUT2D eigenvalue weighted by molar-refractivity contribution is -0.751. The van der Waals surface area contributed by atoms with Crippen molar-refractivity contribution in [3.8, 4) is 0 Å². The van der Waals surface area contributed by atoms with Crippen LogP contribution in [0.2, 0.25) is 0 Å². The van der Waals surface area contributed by atoms with Gasteiger partial charge in [-0.2, -0.15) is 9.78 Å². The van der Waals surface area contributed by atoms with Crippen LogP contribution in [-0.4, -0.2) is 17.5 Å². The molecule has 2 heterocycles. The van der Waals surface area contributed by atoms with Crippen LogP contribution in [-0.2, 0) is 19.6 Å². The van der Waals surface area contributed by atoms with E-state index in [-0.39, 0.29) is 17.1 Å². The molecule has 1 spiro atoms. The van der Waals surface area contributed by atoms with Crippen molar-refractivity contribution in [1.29, 1.82) is 0 Å². The standard InChI is InChI=1S/C11H18O4/c1-4-9(2,3)10-7-5-6-8-11(10,14-12-8)15-13-10/h8H,4-7H2,1-3H3. The van der Waals surface area contributed by atoms with E-state index in [9.17, 15) is 0 Å². The Morgan fingerprint density at radius 3 is 2.53 bits per heavy atom. The summed E-state index contributed by atoms with van der Waals surface area (Å²) in [6.07, 6.45) is 4.21. The summed E-state index contributed by atoms with van der Waals surface area (Å²) in [6.45, 7) is 6.59. The highest BCUT2D eigenvalue weighted by Crippen LogP contribution is 2.64. The van der Waals surface area contributed by atoms with Gasteiger partial charge >= 0.3 is 0 Å². The predicted molar refractivity (Wildman–Crippen MR) is 51.5 cm³/mol. The van der Waals surface area contributed by atoms with Gasteiger partial charge in [0, 0.05) is 5.41 Å². The van der Waals surface area contributed by atoms with Gasteiger partial charge in [0.1, 0.15) is 0 Å². The van der Waals surface area contributed by atoms with Crippen LogP contribution in [0.25, 0.3) is 0 Å². The first kappa shape index (κ1) is 10.0. The van der Waals surface area contributed by atoms with Crippen molar-refractivity contribution in [2.24, 2.45) is 5.41 Å². The molecule has 86 valence electrons. The predicted octanol–water partition coefficient (Wildman–Crippen LogP) is 2.33. The Morgan fingerprint density at radius 1 is 1.27 bits per heavy atom. The minimum absolute atomic E-state index is 0.0493. The highest BCUT2D eigenvalue weighted by Gasteiger charge is 2.81. The van der Waals surface area contributed by atoms with Crippen LogP contribution in [0.4, 0.5) is 0 Å². The zero-order valence-electron chi connectivity index (χ0n) is 9.54. The average molecular weight is 214 g/mol. The molecule has 3 fully saturated rings. The zero-order chi connectivity index (χ0) is 10.7. The summed E-state index contributed by atoms with van der Waals surface area (Å²) in [5.41, 5.74) is -0.260. The fraction of sp³-hybridized carbons (Fsp3) is 1.00. The maximum absolute atomic E-state index is 5.50. The number of hydrogen-bond acceptors (Lipinski definition) is 4. The molecule has 2 aliphatic heterocycles. The minimum atomic E-state index is -0.606. The molecule has 3 atom stereocenters. The highest BCUT2D eigenvalue weighted by molar-refractivity contribution is 5.15. The monoisotopic (exact) mass is 214 g/mol. The van der Waals surface area contributed by atoms with Gasteiger partial charge in [0.15, 0.2) is 11.7 Å². The van der Waals surface area contributed by atoms with Gasteiger partial charge < -0.3 is 0 Å². The quantitative estimate of drug-likeness (QED) is 0.661. The SMILES string of the molecule is CCC(C)(C)C12CCCC3OOC31OO2. The van der Waals surface area contributed by atoms with Crippen LogP contribution in [0.3, 0.4) is 0 Å². The van der Waals surface area contributed by atoms with E-state index in [0.717, 1.165) is 25.7 Å². The van der Waals surface area contributed by atoms with Gasteiger partial charge in [0.2, 0.25) is 0 Å². The molecule has 0 radical (unpaired) electrons. The fourth-order valence-corrected chi connectivity index (χ4v) is 3.02. The molecule has 0 aromatic carbocycles. The second-order valence-corrected chi connectivity index (χ2v) is 5.46. The molecule has 1 aliphatic carbocycles. The molecule has 1 saturated carbocycles. The van der Waals surface area contributed by atoms with E-state index in [1.54, 1.807) is 0 Å². The van der Waals surface area contributed by atoms with Crippen LogP contribution in [0.15, 0.2) is 0 Å². The summed E-state index contributed by atoms with van der Waals surface area (Å²) in [4.78, 5) is 21.1. The Bertz CT molecular complexity index is 286. The lowest BCUT2D eigenvalue weighted by atomic mass is 9.60. The van der Waals surface area contributed by atoms with Crippen molar-refractivity contribution in [3.63, 3.8) is 0 Å². The van der Waals surface area contributed by atoms with E-state index in [4.69, 9.17) is 19.6 Å². The van der Waals surface area contributed by atoms with E-state index in [1.165, 1.54) is 0 Å². The van der Waals surface area contributed by atoms with E-state index < -0.39 is 5.79 Å². The van der Waals surface area contributed by atoms with Crippen molar-refractivity contribution in [3.05, 3.63) is 0 Å². The third-order valence-electron chi connectivity index (χ3n) is 4.55. The van der Waals surface area contributed by atoms with Crippen LogP contribution in [0, 0.1) is 5.41 Å². The molecule has 3 unspecified atom stereocenters. The first-order chi connectivity index (χ1) is 7.08. The molecule has 0 N–H and O–H groups in total. The molecule has 4 heteroatoms. The summed E-state index contributed by atoms with van der Waals surface area (Å²) in [7, 11) is 0. The second kappa shape index (κ2) is 2.74. The first-order valence-corrected chi connectivity index (χ1v) is 5.79. The zero-order valence-corrected chi connectivity index (χ0v) is 9.54. The maximum atomic E-state index is 5.50. The van der Waals surface area contributed by atoms with Crippen LogP contribution in [0.5, 0.6) is 0 Å². The van der Waals surface area contributed by atoms with Gasteiger partial charge in [-0.1, -0.05) is 20.8 Å². The molecule has 0 aromatic heterocycles. The average Bonchev–Trinajstić information content (AvgIpc) is 2.12. The molecule has 3 rings (SSSR count). The highest BCUT2D eigenvalue weighted by atomic mass is 17.4. The van der Waals surface area contributed by atoms with Gasteiger partial charge in [0.05, 0.1) is 0 Å². The molecule has 0 aromatic rings. The van der Waals surface area contributed by atoms with Crippen molar-refractivity contribution in [2.45, 2.75) is 63.9 Å². The second-order valence-electron chi connectivity index (χ2n) is 5.46. The van der Waals surface area contributed by atoms with Crippen molar-refractivity contribution >= 4 is 0 Å². The molecule has 4 nitrogen and oxygen atoms in total. The van der Waals surface area contributed by atoms with Crippen LogP contribution < -0.4 is 0 Å². The Hall–Kier alpha value is -0.160. The summed E-state index contributed by atoms with van der Waals surface area (Å²) >= 11 is 0. The summed E-state index contributed by atoms with van der Waals surface area (Å²) < 4.78 is 0. The van der Waals surface area contributed by atoms with Crippen molar-refractivity contribution in [1.82, 2.24) is 0 Å². The molecular formula is C11H18O4. The fourth-order valence-electron chi connectivity index (χ4n) is 3.02. The van der Waals surface area contributed by atoms with Crippen LogP contribution in [0.1, 0.15) is 46.5 Å².